The lowest BCUT2D eigenvalue weighted by Gasteiger charge is -2.40. The summed E-state index contributed by atoms with van der Waals surface area (Å²) in [5.41, 5.74) is 2.26. The minimum Gasteiger partial charge on any atom is -0.380 e. The van der Waals surface area contributed by atoms with Gasteiger partial charge in [0.2, 0.25) is 0 Å². The third kappa shape index (κ3) is 9.58. The molecule has 2 fully saturated rings. The molecule has 1 saturated heterocycles. The first-order chi connectivity index (χ1) is 22.7. The second-order valence-corrected chi connectivity index (χ2v) is 16.0. The number of carbonyl (C=O) groups is 1. The van der Waals surface area contributed by atoms with Crippen LogP contribution in [0.4, 0.5) is 17.1 Å². The van der Waals surface area contributed by atoms with Crippen molar-refractivity contribution in [2.45, 2.75) is 73.6 Å². The Morgan fingerprint density at radius 3 is 2.32 bits per heavy atom. The topological polar surface area (TPSA) is 111 Å². The zero-order valence-corrected chi connectivity index (χ0v) is 29.1. The van der Waals surface area contributed by atoms with Gasteiger partial charge in [0, 0.05) is 41.0 Å². The molecule has 1 aliphatic carbocycles. The summed E-state index contributed by atoms with van der Waals surface area (Å²) < 4.78 is 28.6. The fraction of sp³-hybridized carbons (Fsp3) is 0.472. The number of unbranched alkanes of at least 4 members (excludes halogenated alkanes) is 1. The lowest BCUT2D eigenvalue weighted by atomic mass is 9.77. The molecule has 252 valence electrons. The van der Waals surface area contributed by atoms with Crippen molar-refractivity contribution < 1.29 is 13.2 Å². The van der Waals surface area contributed by atoms with Gasteiger partial charge in [-0.05, 0) is 124 Å². The predicted molar refractivity (Wildman–Crippen MR) is 192 cm³/mol. The summed E-state index contributed by atoms with van der Waals surface area (Å²) >= 11 is 1.72. The van der Waals surface area contributed by atoms with E-state index in [0.717, 1.165) is 55.2 Å². The summed E-state index contributed by atoms with van der Waals surface area (Å²) in [4.78, 5) is 30.4. The van der Waals surface area contributed by atoms with Crippen molar-refractivity contribution in [1.29, 1.82) is 0 Å². The Bertz CT molecular complexity index is 1580. The number of nitrogens with one attached hydrogen (secondary N) is 2. The summed E-state index contributed by atoms with van der Waals surface area (Å²) in [6.45, 7) is 2.99. The minimum atomic E-state index is -4.25. The van der Waals surface area contributed by atoms with Gasteiger partial charge >= 0.3 is 0 Å². The molecule has 3 aromatic rings. The van der Waals surface area contributed by atoms with Gasteiger partial charge < -0.3 is 15.1 Å². The normalized spacial score (nSPS) is 16.7. The van der Waals surface area contributed by atoms with Gasteiger partial charge in [0.05, 0.1) is 10.6 Å². The van der Waals surface area contributed by atoms with Crippen LogP contribution >= 0.6 is 11.8 Å². The maximum absolute atomic E-state index is 13.2. The van der Waals surface area contributed by atoms with Gasteiger partial charge in [-0.25, -0.2) is 13.1 Å². The van der Waals surface area contributed by atoms with Gasteiger partial charge in [-0.1, -0.05) is 37.5 Å². The van der Waals surface area contributed by atoms with Crippen molar-refractivity contribution in [3.63, 3.8) is 0 Å². The van der Waals surface area contributed by atoms with Crippen LogP contribution in [0.25, 0.3) is 0 Å². The highest BCUT2D eigenvalue weighted by Gasteiger charge is 2.37. The zero-order chi connectivity index (χ0) is 33.3. The summed E-state index contributed by atoms with van der Waals surface area (Å²) in [7, 11) is -0.141. The summed E-state index contributed by atoms with van der Waals surface area (Å²) in [5.74, 6) is 0.0381. The number of hydrogen-bond donors (Lipinski definition) is 2. The van der Waals surface area contributed by atoms with Crippen molar-refractivity contribution in [2.24, 2.45) is 10.6 Å². The highest BCUT2D eigenvalue weighted by Crippen LogP contribution is 2.46. The van der Waals surface area contributed by atoms with Crippen LogP contribution in [-0.2, 0) is 10.0 Å². The van der Waals surface area contributed by atoms with Gasteiger partial charge in [0.25, 0.3) is 15.9 Å². The summed E-state index contributed by atoms with van der Waals surface area (Å²) in [6.07, 6.45) is 10.7. The van der Waals surface area contributed by atoms with E-state index in [-0.39, 0.29) is 22.2 Å². The SMILES string of the molecule is CN(C)CCCC[C@H](CSc1ccccc1)Nc1ccc(S(=O)(=O)NC(=O)c2ccc(N3CCC4(CCCC4)CC3)cc2)cc1N=O. The molecule has 9 nitrogen and oxygen atoms in total. The van der Waals surface area contributed by atoms with Crippen LogP contribution < -0.4 is 14.9 Å². The van der Waals surface area contributed by atoms with Crippen LogP contribution in [0.1, 0.15) is 68.1 Å². The quantitative estimate of drug-likeness (QED) is 0.0958. The molecule has 1 saturated carbocycles. The number of amides is 1. The molecule has 11 heteroatoms. The fourth-order valence-electron chi connectivity index (χ4n) is 6.75. The largest absolute Gasteiger partial charge is 0.380 e. The van der Waals surface area contributed by atoms with E-state index in [1.54, 1.807) is 30.0 Å². The van der Waals surface area contributed by atoms with Crippen LogP contribution in [-0.4, -0.2) is 64.7 Å². The molecule has 0 radical (unpaired) electrons. The van der Waals surface area contributed by atoms with Gasteiger partial charge in [0.15, 0.2) is 0 Å². The highest BCUT2D eigenvalue weighted by molar-refractivity contribution is 7.99. The number of anilines is 2. The standard InChI is InChI=1S/C36H47N5O4S2/c1-40(2)23-9-6-10-29(27-46-31-11-4-3-5-12-31)37-33-18-17-32(26-34(33)38-43)47(44,45)39-35(42)28-13-15-30(16-14-28)41-24-21-36(22-25-41)19-7-8-20-36/h3-5,11-18,26,29,37H,6-10,19-25,27H2,1-2H3,(H,39,42)/t29-/m1/s1. The summed E-state index contributed by atoms with van der Waals surface area (Å²) in [5, 5.41) is 6.58. The van der Waals surface area contributed by atoms with Crippen LogP contribution in [0.15, 0.2) is 87.8 Å². The first kappa shape index (κ1) is 34.9. The molecule has 1 amide bonds. The molecule has 47 heavy (non-hydrogen) atoms. The van der Waals surface area contributed by atoms with Crippen molar-refractivity contribution >= 4 is 44.8 Å². The van der Waals surface area contributed by atoms with Crippen LogP contribution in [0.5, 0.6) is 0 Å². The fourth-order valence-corrected chi connectivity index (χ4v) is 8.74. The molecule has 3 aromatic carbocycles. The van der Waals surface area contributed by atoms with Crippen molar-refractivity contribution in [3.05, 3.63) is 83.3 Å². The smallest absolute Gasteiger partial charge is 0.264 e. The van der Waals surface area contributed by atoms with E-state index in [0.29, 0.717) is 11.1 Å². The third-order valence-electron chi connectivity index (χ3n) is 9.55. The molecule has 5 rings (SSSR count). The predicted octanol–water partition coefficient (Wildman–Crippen LogP) is 7.67. The minimum absolute atomic E-state index is 0.0198. The maximum atomic E-state index is 13.2. The molecule has 2 N–H and O–H groups in total. The van der Waals surface area contributed by atoms with Crippen LogP contribution in [0.2, 0.25) is 0 Å². The Hall–Kier alpha value is -3.41. The number of nitrogens with zero attached hydrogens (tertiary/aromatic N) is 3. The number of benzene rings is 3. The van der Waals surface area contributed by atoms with Crippen molar-refractivity contribution in [2.75, 3.05) is 49.7 Å². The van der Waals surface area contributed by atoms with Gasteiger partial charge in [0.1, 0.15) is 5.69 Å². The molecule has 0 unspecified atom stereocenters. The molecular weight excluding hydrogens is 631 g/mol. The Morgan fingerprint density at radius 2 is 1.66 bits per heavy atom. The van der Waals surface area contributed by atoms with E-state index in [1.165, 1.54) is 50.7 Å². The van der Waals surface area contributed by atoms with E-state index in [1.807, 2.05) is 30.3 Å². The molecule has 1 heterocycles. The molecule has 2 aliphatic rings. The van der Waals surface area contributed by atoms with E-state index in [9.17, 15) is 18.1 Å². The summed E-state index contributed by atoms with van der Waals surface area (Å²) in [6, 6.07) is 21.4. The Kier molecular flexibility index (Phi) is 12.0. The average molecular weight is 678 g/mol. The second kappa shape index (κ2) is 16.1. The van der Waals surface area contributed by atoms with E-state index < -0.39 is 15.9 Å². The van der Waals surface area contributed by atoms with Gasteiger partial charge in [-0.2, -0.15) is 0 Å². The number of hydrogen-bond acceptors (Lipinski definition) is 9. The number of piperidine rings is 1. The van der Waals surface area contributed by atoms with E-state index in [4.69, 9.17) is 0 Å². The molecule has 1 atom stereocenters. The number of sulfonamides is 1. The lowest BCUT2D eigenvalue weighted by Crippen LogP contribution is -2.38. The van der Waals surface area contributed by atoms with Crippen molar-refractivity contribution in [3.8, 4) is 0 Å². The first-order valence-corrected chi connectivity index (χ1v) is 19.1. The highest BCUT2D eigenvalue weighted by atomic mass is 32.2. The lowest BCUT2D eigenvalue weighted by molar-refractivity contribution is 0.0981. The second-order valence-electron chi connectivity index (χ2n) is 13.2. The molecule has 0 aromatic heterocycles. The van der Waals surface area contributed by atoms with Crippen LogP contribution in [0, 0.1) is 10.3 Å². The molecule has 1 aliphatic heterocycles. The average Bonchev–Trinajstić information content (AvgIpc) is 3.53. The first-order valence-electron chi connectivity index (χ1n) is 16.7. The molecule has 1 spiro atoms. The third-order valence-corrected chi connectivity index (χ3v) is 12.1. The molecule has 0 bridgehead atoms. The van der Waals surface area contributed by atoms with Gasteiger partial charge in [-0.3, -0.25) is 4.79 Å². The number of nitroso groups, excluding NO2 is 1. The Labute approximate surface area is 283 Å². The monoisotopic (exact) mass is 677 g/mol. The van der Waals surface area contributed by atoms with E-state index >= 15 is 0 Å². The van der Waals surface area contributed by atoms with E-state index in [2.05, 4.69) is 51.2 Å². The Balaban J connectivity index is 1.21. The number of rotatable bonds is 15. The van der Waals surface area contributed by atoms with Crippen molar-refractivity contribution in [1.82, 2.24) is 9.62 Å². The van der Waals surface area contributed by atoms with Crippen LogP contribution in [0.3, 0.4) is 0 Å². The molecular formula is C36H47N5O4S2. The Morgan fingerprint density at radius 1 is 0.957 bits per heavy atom. The number of thioether (sulfide) groups is 1. The zero-order valence-electron chi connectivity index (χ0n) is 27.5. The van der Waals surface area contributed by atoms with Gasteiger partial charge in [-0.15, -0.1) is 16.7 Å². The number of carbonyl (C=O) groups excluding carboxylic acids is 1. The maximum Gasteiger partial charge on any atom is 0.264 e.